The fourth-order valence-corrected chi connectivity index (χ4v) is 14.0. The van der Waals surface area contributed by atoms with E-state index < -0.39 is 24.4 Å². The van der Waals surface area contributed by atoms with Crippen molar-refractivity contribution in [2.45, 2.75) is 322 Å². The lowest BCUT2D eigenvalue weighted by atomic mass is 10.1. The van der Waals surface area contributed by atoms with E-state index in [4.69, 9.17) is 0 Å². The average molecular weight is 1120 g/mol. The van der Waals surface area contributed by atoms with Crippen LogP contribution in [-0.2, 0) is 0 Å². The zero-order valence-electron chi connectivity index (χ0n) is 50.2. The number of thioether (sulfide) groups is 4. The van der Waals surface area contributed by atoms with Crippen LogP contribution in [-0.4, -0.2) is 140 Å². The van der Waals surface area contributed by atoms with Gasteiger partial charge in [0.2, 0.25) is 0 Å². The number of unbranched alkanes of at least 4 members (excludes halogenated alkanes) is 37. The maximum atomic E-state index is 11.3. The molecule has 0 aliphatic rings. The van der Waals surface area contributed by atoms with Gasteiger partial charge in [-0.2, -0.15) is 47.0 Å². The van der Waals surface area contributed by atoms with Gasteiger partial charge in [0.05, 0.1) is 24.4 Å². The van der Waals surface area contributed by atoms with Gasteiger partial charge in [-0.15, -0.1) is 0 Å². The van der Waals surface area contributed by atoms with Crippen molar-refractivity contribution in [2.24, 2.45) is 0 Å². The summed E-state index contributed by atoms with van der Waals surface area (Å²) in [5.74, 6) is 7.52. The molecule has 0 bridgehead atoms. The normalized spacial score (nSPS) is 13.7. The minimum Gasteiger partial charge on any atom is -0.391 e. The minimum absolute atomic E-state index is 0.396. The summed E-state index contributed by atoms with van der Waals surface area (Å²) in [6.07, 6.45) is 54.5. The van der Waals surface area contributed by atoms with E-state index in [0.29, 0.717) is 26.2 Å². The van der Waals surface area contributed by atoms with E-state index in [9.17, 15) is 20.4 Å². The van der Waals surface area contributed by atoms with Crippen LogP contribution in [0.15, 0.2) is 0 Å². The van der Waals surface area contributed by atoms with Crippen LogP contribution in [0.4, 0.5) is 0 Å². The first-order valence-corrected chi connectivity index (χ1v) is 37.5. The van der Waals surface area contributed by atoms with Gasteiger partial charge in [-0.05, 0) is 74.6 Å². The Morgan fingerprint density at radius 2 is 0.392 bits per heavy atom. The molecule has 0 aromatic rings. The van der Waals surface area contributed by atoms with E-state index in [1.165, 1.54) is 257 Å². The molecule has 4 N–H and O–H groups in total. The zero-order valence-corrected chi connectivity index (χ0v) is 53.5. The third-order valence-corrected chi connectivity index (χ3v) is 19.7. The summed E-state index contributed by atoms with van der Waals surface area (Å²) >= 11 is 7.61. The highest BCUT2D eigenvalue weighted by Crippen LogP contribution is 2.19. The Hall–Kier alpha value is 1.16. The summed E-state index contributed by atoms with van der Waals surface area (Å²) in [7, 11) is 0. The maximum Gasteiger partial charge on any atom is 0.0757 e. The Morgan fingerprint density at radius 1 is 0.230 bits per heavy atom. The van der Waals surface area contributed by atoms with Gasteiger partial charge in [0, 0.05) is 49.2 Å². The largest absolute Gasteiger partial charge is 0.391 e. The molecule has 0 radical (unpaired) electrons. The highest BCUT2D eigenvalue weighted by molar-refractivity contribution is 7.99. The number of hydrogen-bond donors (Lipinski definition) is 4. The molecule has 0 aromatic heterocycles. The first-order chi connectivity index (χ1) is 36.4. The molecule has 0 rings (SSSR count). The molecule has 4 atom stereocenters. The Morgan fingerprint density at radius 3 is 0.568 bits per heavy atom. The molecule has 0 saturated carbocycles. The topological polar surface area (TPSA) is 87.4 Å². The van der Waals surface area contributed by atoms with E-state index in [1.54, 1.807) is 0 Å². The second kappa shape index (κ2) is 63.3. The number of hydrogen-bond acceptors (Lipinski definition) is 10. The summed E-state index contributed by atoms with van der Waals surface area (Å²) in [4.78, 5) is 4.67. The lowest BCUT2D eigenvalue weighted by molar-refractivity contribution is 0.0773. The van der Waals surface area contributed by atoms with E-state index in [2.05, 4.69) is 37.5 Å². The Bertz CT molecular complexity index is 888. The van der Waals surface area contributed by atoms with Crippen molar-refractivity contribution in [1.82, 2.24) is 9.80 Å². The van der Waals surface area contributed by atoms with Crippen molar-refractivity contribution >= 4 is 47.0 Å². The van der Waals surface area contributed by atoms with E-state index >= 15 is 0 Å². The molecule has 0 fully saturated rings. The van der Waals surface area contributed by atoms with Gasteiger partial charge in [-0.25, -0.2) is 0 Å². The standard InChI is InChI=1S/C64H132N2O4S4/c1-5-9-13-17-21-25-29-33-37-43-49-71-57-61(67)53-65(54-62(68)58-72-50-44-38-34-30-26-22-18-14-10-6-2)47-41-42-48-66(55-63(69)59-73-51-45-39-35-31-27-23-19-15-11-7-3)56-64(70)60-74-52-46-40-36-32-28-24-20-16-12-8-4/h61-64,67-70H,5-60H2,1-4H3. The van der Waals surface area contributed by atoms with Crippen molar-refractivity contribution in [3.05, 3.63) is 0 Å². The fourth-order valence-electron chi connectivity index (χ4n) is 10.2. The first kappa shape index (κ1) is 75.2. The summed E-state index contributed by atoms with van der Waals surface area (Å²) < 4.78 is 0. The molecule has 0 spiro atoms. The lowest BCUT2D eigenvalue weighted by Crippen LogP contribution is -2.41. The first-order valence-electron chi connectivity index (χ1n) is 32.8. The quantitative estimate of drug-likeness (QED) is 0.0442. The zero-order chi connectivity index (χ0) is 53.9. The SMILES string of the molecule is CCCCCCCCCCCCSCC(O)CN(CCCCN(CC(O)CSCCCCCCCCCCCC)CC(O)CSCCCCCCCCCCCC)CC(O)CSCCCCCCCCCCCC. The van der Waals surface area contributed by atoms with Crippen LogP contribution in [0.3, 0.4) is 0 Å². The molecule has 74 heavy (non-hydrogen) atoms. The predicted octanol–water partition coefficient (Wildman–Crippen LogP) is 18.4. The van der Waals surface area contributed by atoms with Crippen LogP contribution in [0.1, 0.15) is 297 Å². The summed E-state index contributed by atoms with van der Waals surface area (Å²) in [5.41, 5.74) is 0. The van der Waals surface area contributed by atoms with Gasteiger partial charge < -0.3 is 20.4 Å². The maximum absolute atomic E-state index is 11.3. The van der Waals surface area contributed by atoms with Crippen molar-refractivity contribution < 1.29 is 20.4 Å². The fraction of sp³-hybridized carbons (Fsp3) is 1.00. The molecule has 10 heteroatoms. The van der Waals surface area contributed by atoms with E-state index in [1.807, 2.05) is 47.0 Å². The molecule has 4 unspecified atom stereocenters. The molecule has 0 heterocycles. The van der Waals surface area contributed by atoms with Gasteiger partial charge in [0.15, 0.2) is 0 Å². The highest BCUT2D eigenvalue weighted by atomic mass is 32.2. The second-order valence-electron chi connectivity index (χ2n) is 22.9. The molecule has 0 amide bonds. The number of aliphatic hydroxyl groups is 4. The van der Waals surface area contributed by atoms with Gasteiger partial charge in [0.25, 0.3) is 0 Å². The third kappa shape index (κ3) is 59.3. The van der Waals surface area contributed by atoms with E-state index in [-0.39, 0.29) is 0 Å². The van der Waals surface area contributed by atoms with Crippen LogP contribution in [0, 0.1) is 0 Å². The van der Waals surface area contributed by atoms with Crippen LogP contribution in [0.25, 0.3) is 0 Å². The Kier molecular flexibility index (Phi) is 64.3. The molecule has 446 valence electrons. The summed E-state index contributed by atoms with van der Waals surface area (Å²) in [6, 6.07) is 0. The van der Waals surface area contributed by atoms with Crippen molar-refractivity contribution in [3.63, 3.8) is 0 Å². The van der Waals surface area contributed by atoms with Gasteiger partial charge in [-0.1, -0.05) is 259 Å². The lowest BCUT2D eigenvalue weighted by Gasteiger charge is -2.29. The van der Waals surface area contributed by atoms with Crippen molar-refractivity contribution in [3.8, 4) is 0 Å². The second-order valence-corrected chi connectivity index (χ2v) is 27.5. The summed E-state index contributed by atoms with van der Waals surface area (Å²) in [6.45, 7) is 13.3. The van der Waals surface area contributed by atoms with E-state index in [0.717, 1.165) is 72.0 Å². The van der Waals surface area contributed by atoms with Crippen LogP contribution >= 0.6 is 47.0 Å². The van der Waals surface area contributed by atoms with Crippen molar-refractivity contribution in [2.75, 3.05) is 85.3 Å². The number of aliphatic hydroxyl groups excluding tert-OH is 4. The van der Waals surface area contributed by atoms with Crippen molar-refractivity contribution in [1.29, 1.82) is 0 Å². The molecule has 0 aliphatic carbocycles. The number of rotatable bonds is 65. The Balaban J connectivity index is 5.12. The molecular weight excluding hydrogens is 989 g/mol. The molecule has 0 aromatic carbocycles. The number of nitrogens with zero attached hydrogens (tertiary/aromatic N) is 2. The summed E-state index contributed by atoms with van der Waals surface area (Å²) in [5, 5.41) is 45.1. The van der Waals surface area contributed by atoms with Crippen LogP contribution in [0.2, 0.25) is 0 Å². The van der Waals surface area contributed by atoms with Crippen LogP contribution < -0.4 is 0 Å². The smallest absolute Gasteiger partial charge is 0.0757 e. The third-order valence-electron chi connectivity index (χ3n) is 14.9. The molecule has 6 nitrogen and oxygen atoms in total. The minimum atomic E-state index is -0.396. The Labute approximate surface area is 481 Å². The van der Waals surface area contributed by atoms with Gasteiger partial charge in [-0.3, -0.25) is 9.80 Å². The average Bonchev–Trinajstić information content (AvgIpc) is 3.38. The van der Waals surface area contributed by atoms with Gasteiger partial charge in [0.1, 0.15) is 0 Å². The predicted molar refractivity (Wildman–Crippen MR) is 343 cm³/mol. The molecule has 0 saturated heterocycles. The van der Waals surface area contributed by atoms with Gasteiger partial charge >= 0.3 is 0 Å². The molecule has 0 aliphatic heterocycles. The molecular formula is C64H132N2O4S4. The monoisotopic (exact) mass is 1120 g/mol. The van der Waals surface area contributed by atoms with Crippen LogP contribution in [0.5, 0.6) is 0 Å². The highest BCUT2D eigenvalue weighted by Gasteiger charge is 2.19.